The van der Waals surface area contributed by atoms with Crippen LogP contribution in [0.2, 0.25) is 0 Å². The molecule has 0 saturated carbocycles. The standard InChI is InChI=1S/C17H15FN2O6/c1-2-25-13-6-3-11(4-7-13)17(22)26-10-16(21)19-15-9-12(20(23)24)5-8-14(15)18/h3-9H,2,10H2,1H3,(H,19,21). The molecule has 0 aliphatic rings. The molecule has 0 fully saturated rings. The van der Waals surface area contributed by atoms with Gasteiger partial charge in [-0.1, -0.05) is 0 Å². The molecule has 9 heteroatoms. The molecule has 2 aromatic rings. The molecule has 0 aromatic heterocycles. The fourth-order valence-electron chi connectivity index (χ4n) is 1.98. The van der Waals surface area contributed by atoms with Crippen LogP contribution in [0.25, 0.3) is 0 Å². The van der Waals surface area contributed by atoms with Crippen molar-refractivity contribution in [3.63, 3.8) is 0 Å². The first kappa shape index (κ1) is 18.8. The number of amides is 1. The van der Waals surface area contributed by atoms with E-state index in [9.17, 15) is 24.1 Å². The number of carbonyl (C=O) groups is 2. The Morgan fingerprint density at radius 3 is 2.50 bits per heavy atom. The van der Waals surface area contributed by atoms with Crippen LogP contribution >= 0.6 is 0 Å². The van der Waals surface area contributed by atoms with Crippen molar-refractivity contribution < 1.29 is 28.4 Å². The number of ether oxygens (including phenoxy) is 2. The normalized spacial score (nSPS) is 10.1. The van der Waals surface area contributed by atoms with Crippen LogP contribution in [-0.4, -0.2) is 30.0 Å². The smallest absolute Gasteiger partial charge is 0.338 e. The third-order valence-corrected chi connectivity index (χ3v) is 3.17. The van der Waals surface area contributed by atoms with Gasteiger partial charge in [-0.15, -0.1) is 0 Å². The summed E-state index contributed by atoms with van der Waals surface area (Å²) < 4.78 is 23.7. The number of hydrogen-bond acceptors (Lipinski definition) is 6. The van der Waals surface area contributed by atoms with Crippen molar-refractivity contribution in [3.05, 3.63) is 64.0 Å². The van der Waals surface area contributed by atoms with Crippen molar-refractivity contribution in [2.75, 3.05) is 18.5 Å². The maximum atomic E-state index is 13.6. The largest absolute Gasteiger partial charge is 0.494 e. The summed E-state index contributed by atoms with van der Waals surface area (Å²) in [5.74, 6) is -1.84. The fraction of sp³-hybridized carbons (Fsp3) is 0.176. The predicted octanol–water partition coefficient (Wildman–Crippen LogP) is 2.93. The van der Waals surface area contributed by atoms with Gasteiger partial charge in [0.05, 0.1) is 22.8 Å². The van der Waals surface area contributed by atoms with Crippen LogP contribution in [0.5, 0.6) is 5.75 Å². The van der Waals surface area contributed by atoms with Crippen molar-refractivity contribution in [2.24, 2.45) is 0 Å². The Morgan fingerprint density at radius 2 is 1.88 bits per heavy atom. The van der Waals surface area contributed by atoms with Gasteiger partial charge in [-0.3, -0.25) is 14.9 Å². The van der Waals surface area contributed by atoms with Gasteiger partial charge in [-0.2, -0.15) is 0 Å². The van der Waals surface area contributed by atoms with E-state index in [1.54, 1.807) is 12.1 Å². The minimum atomic E-state index is -0.846. The van der Waals surface area contributed by atoms with Crippen molar-refractivity contribution >= 4 is 23.3 Å². The molecule has 0 atom stereocenters. The highest BCUT2D eigenvalue weighted by atomic mass is 19.1. The molecule has 0 saturated heterocycles. The third kappa shape index (κ3) is 5.00. The van der Waals surface area contributed by atoms with Gasteiger partial charge in [0, 0.05) is 12.1 Å². The van der Waals surface area contributed by atoms with Crippen LogP contribution in [0.15, 0.2) is 42.5 Å². The molecule has 26 heavy (non-hydrogen) atoms. The van der Waals surface area contributed by atoms with Gasteiger partial charge in [0.2, 0.25) is 0 Å². The van der Waals surface area contributed by atoms with E-state index < -0.39 is 29.2 Å². The summed E-state index contributed by atoms with van der Waals surface area (Å²) in [6.07, 6.45) is 0. The third-order valence-electron chi connectivity index (χ3n) is 3.17. The molecule has 0 heterocycles. The maximum absolute atomic E-state index is 13.6. The van der Waals surface area contributed by atoms with Gasteiger partial charge in [0.15, 0.2) is 6.61 Å². The second-order valence-corrected chi connectivity index (χ2v) is 5.00. The summed E-state index contributed by atoms with van der Waals surface area (Å²) in [4.78, 5) is 33.6. The van der Waals surface area contributed by atoms with E-state index in [1.807, 2.05) is 6.92 Å². The summed E-state index contributed by atoms with van der Waals surface area (Å²) in [6, 6.07) is 8.83. The number of nitro groups is 1. The summed E-state index contributed by atoms with van der Waals surface area (Å²) in [7, 11) is 0. The average Bonchev–Trinajstić information content (AvgIpc) is 2.62. The van der Waals surface area contributed by atoms with Gasteiger partial charge in [0.25, 0.3) is 11.6 Å². The molecule has 1 N–H and O–H groups in total. The van der Waals surface area contributed by atoms with E-state index in [-0.39, 0.29) is 16.9 Å². The highest BCUT2D eigenvalue weighted by Crippen LogP contribution is 2.21. The van der Waals surface area contributed by atoms with E-state index in [1.165, 1.54) is 12.1 Å². The minimum Gasteiger partial charge on any atom is -0.494 e. The molecule has 2 rings (SSSR count). The lowest BCUT2D eigenvalue weighted by Crippen LogP contribution is -2.21. The lowest BCUT2D eigenvalue weighted by Gasteiger charge is -2.08. The second kappa shape index (κ2) is 8.56. The van der Waals surface area contributed by atoms with Gasteiger partial charge in [0.1, 0.15) is 11.6 Å². The van der Waals surface area contributed by atoms with E-state index in [2.05, 4.69) is 5.32 Å². The van der Waals surface area contributed by atoms with Crippen molar-refractivity contribution in [1.29, 1.82) is 0 Å². The number of hydrogen-bond donors (Lipinski definition) is 1. The number of halogens is 1. The molecule has 1 amide bonds. The Morgan fingerprint density at radius 1 is 1.19 bits per heavy atom. The number of carbonyl (C=O) groups excluding carboxylic acids is 2. The molecule has 2 aromatic carbocycles. The summed E-state index contributed by atoms with van der Waals surface area (Å²) in [5.41, 5.74) is -0.544. The van der Waals surface area contributed by atoms with Gasteiger partial charge in [-0.05, 0) is 37.3 Å². The molecular weight excluding hydrogens is 347 g/mol. The van der Waals surface area contributed by atoms with E-state index in [0.717, 1.165) is 18.2 Å². The van der Waals surface area contributed by atoms with Gasteiger partial charge < -0.3 is 14.8 Å². The molecule has 0 radical (unpaired) electrons. The monoisotopic (exact) mass is 362 g/mol. The molecule has 0 aliphatic carbocycles. The zero-order valence-corrected chi connectivity index (χ0v) is 13.7. The number of esters is 1. The van der Waals surface area contributed by atoms with Crippen molar-refractivity contribution in [1.82, 2.24) is 0 Å². The zero-order valence-electron chi connectivity index (χ0n) is 13.7. The van der Waals surface area contributed by atoms with E-state index >= 15 is 0 Å². The van der Waals surface area contributed by atoms with Crippen LogP contribution < -0.4 is 10.1 Å². The number of nitro benzene ring substituents is 1. The zero-order chi connectivity index (χ0) is 19.1. The molecule has 0 aliphatic heterocycles. The Kier molecular flexibility index (Phi) is 6.20. The van der Waals surface area contributed by atoms with E-state index in [0.29, 0.717) is 12.4 Å². The average molecular weight is 362 g/mol. The van der Waals surface area contributed by atoms with Crippen LogP contribution in [0.3, 0.4) is 0 Å². The predicted molar refractivity (Wildman–Crippen MR) is 89.6 cm³/mol. The first-order chi connectivity index (χ1) is 12.4. The summed E-state index contributed by atoms with van der Waals surface area (Å²) in [6.45, 7) is 1.64. The Labute approximate surface area is 147 Å². The van der Waals surface area contributed by atoms with Crippen molar-refractivity contribution in [3.8, 4) is 5.75 Å². The Hall–Kier alpha value is -3.49. The minimum absolute atomic E-state index is 0.211. The van der Waals surface area contributed by atoms with Crippen molar-refractivity contribution in [2.45, 2.75) is 6.92 Å². The molecule has 8 nitrogen and oxygen atoms in total. The second-order valence-electron chi connectivity index (χ2n) is 5.00. The lowest BCUT2D eigenvalue weighted by atomic mass is 10.2. The van der Waals surface area contributed by atoms with Crippen LogP contribution in [0, 0.1) is 15.9 Å². The number of nitrogens with one attached hydrogen (secondary N) is 1. The Balaban J connectivity index is 1.93. The summed E-state index contributed by atoms with van der Waals surface area (Å²) >= 11 is 0. The highest BCUT2D eigenvalue weighted by Gasteiger charge is 2.15. The molecule has 0 unspecified atom stereocenters. The first-order valence-corrected chi connectivity index (χ1v) is 7.54. The molecule has 0 spiro atoms. The SMILES string of the molecule is CCOc1ccc(C(=O)OCC(=O)Nc2cc([N+](=O)[O-])ccc2F)cc1. The van der Waals surface area contributed by atoms with Crippen LogP contribution in [0.1, 0.15) is 17.3 Å². The molecule has 0 bridgehead atoms. The van der Waals surface area contributed by atoms with Gasteiger partial charge in [-0.25, -0.2) is 9.18 Å². The molecular formula is C17H15FN2O6. The topological polar surface area (TPSA) is 108 Å². The fourth-order valence-corrected chi connectivity index (χ4v) is 1.98. The quantitative estimate of drug-likeness (QED) is 0.461. The maximum Gasteiger partial charge on any atom is 0.338 e. The van der Waals surface area contributed by atoms with Crippen LogP contribution in [-0.2, 0) is 9.53 Å². The Bertz CT molecular complexity index is 823. The van der Waals surface area contributed by atoms with Crippen LogP contribution in [0.4, 0.5) is 15.8 Å². The number of non-ortho nitro benzene ring substituents is 1. The highest BCUT2D eigenvalue weighted by molar-refractivity contribution is 5.95. The number of anilines is 1. The number of nitrogens with zero attached hydrogens (tertiary/aromatic N) is 1. The summed E-state index contributed by atoms with van der Waals surface area (Å²) in [5, 5.41) is 12.8. The molecule has 136 valence electrons. The number of rotatable bonds is 7. The first-order valence-electron chi connectivity index (χ1n) is 7.54. The van der Waals surface area contributed by atoms with Gasteiger partial charge >= 0.3 is 5.97 Å². The lowest BCUT2D eigenvalue weighted by molar-refractivity contribution is -0.384. The number of benzene rings is 2. The van der Waals surface area contributed by atoms with E-state index in [4.69, 9.17) is 9.47 Å².